The lowest BCUT2D eigenvalue weighted by atomic mass is 9.77. The highest BCUT2D eigenvalue weighted by Gasteiger charge is 2.41. The van der Waals surface area contributed by atoms with E-state index in [0.29, 0.717) is 13.1 Å². The first-order valence-electron chi connectivity index (χ1n) is 8.22. The van der Waals surface area contributed by atoms with Gasteiger partial charge in [0.15, 0.2) is 0 Å². The molecule has 0 aliphatic carbocycles. The predicted molar refractivity (Wildman–Crippen MR) is 89.9 cm³/mol. The van der Waals surface area contributed by atoms with Crippen LogP contribution in [0.25, 0.3) is 0 Å². The summed E-state index contributed by atoms with van der Waals surface area (Å²) in [6.45, 7) is 6.80. The Morgan fingerprint density at radius 1 is 1.35 bits per heavy atom. The molecule has 2 atom stereocenters. The number of benzene rings is 1. The predicted octanol–water partition coefficient (Wildman–Crippen LogP) is 2.48. The summed E-state index contributed by atoms with van der Waals surface area (Å²) in [5.74, 6) is -0.101. The van der Waals surface area contributed by atoms with E-state index in [1.807, 2.05) is 51.1 Å². The van der Waals surface area contributed by atoms with Crippen molar-refractivity contribution in [1.29, 1.82) is 0 Å². The molecule has 5 nitrogen and oxygen atoms in total. The summed E-state index contributed by atoms with van der Waals surface area (Å²) in [4.78, 5) is 14.0. The second-order valence-corrected chi connectivity index (χ2v) is 7.26. The van der Waals surface area contributed by atoms with Crippen LogP contribution in [0.15, 0.2) is 30.3 Å². The van der Waals surface area contributed by atoms with Gasteiger partial charge in [-0.25, -0.2) is 4.79 Å². The monoisotopic (exact) mass is 320 g/mol. The van der Waals surface area contributed by atoms with Crippen LogP contribution in [0.3, 0.4) is 0 Å². The number of aliphatic hydroxyl groups is 1. The molecule has 128 valence electrons. The van der Waals surface area contributed by atoms with Crippen LogP contribution in [-0.2, 0) is 10.3 Å². The number of hydrogen-bond donors (Lipinski definition) is 2. The van der Waals surface area contributed by atoms with Crippen LogP contribution in [0.1, 0.15) is 39.2 Å². The van der Waals surface area contributed by atoms with Crippen LogP contribution in [0, 0.1) is 5.92 Å². The number of nitrogens with zero attached hydrogens (tertiary/aromatic N) is 1. The minimum Gasteiger partial charge on any atom is -0.444 e. The molecule has 0 bridgehead atoms. The lowest BCUT2D eigenvalue weighted by Crippen LogP contribution is -2.51. The molecular weight excluding hydrogens is 292 g/mol. The highest BCUT2D eigenvalue weighted by atomic mass is 16.6. The zero-order chi connectivity index (χ0) is 17.1. The number of hydrogen-bond acceptors (Lipinski definition) is 4. The molecule has 0 unspecified atom stereocenters. The van der Waals surface area contributed by atoms with Gasteiger partial charge in [-0.2, -0.15) is 0 Å². The maximum Gasteiger partial charge on any atom is 0.410 e. The lowest BCUT2D eigenvalue weighted by molar-refractivity contribution is -0.0502. The zero-order valence-electron chi connectivity index (χ0n) is 14.3. The summed E-state index contributed by atoms with van der Waals surface area (Å²) in [5, 5.41) is 11.1. The number of amides is 1. The Balaban J connectivity index is 2.15. The maximum absolute atomic E-state index is 12.3. The molecule has 0 saturated carbocycles. The molecule has 1 aliphatic rings. The van der Waals surface area contributed by atoms with Gasteiger partial charge < -0.3 is 20.5 Å². The molecule has 1 fully saturated rings. The normalized spacial score (nSPS) is 21.6. The van der Waals surface area contributed by atoms with Crippen molar-refractivity contribution in [2.24, 2.45) is 11.7 Å². The van der Waals surface area contributed by atoms with Gasteiger partial charge in [0.2, 0.25) is 0 Å². The van der Waals surface area contributed by atoms with Gasteiger partial charge in [0.05, 0.1) is 0 Å². The first-order chi connectivity index (χ1) is 10.8. The first kappa shape index (κ1) is 17.8. The van der Waals surface area contributed by atoms with Gasteiger partial charge in [-0.05, 0) is 39.2 Å². The Labute approximate surface area is 138 Å². The molecule has 1 aromatic rings. The molecule has 1 heterocycles. The quantitative estimate of drug-likeness (QED) is 0.897. The van der Waals surface area contributed by atoms with Crippen LogP contribution in [0.5, 0.6) is 0 Å². The second-order valence-electron chi connectivity index (χ2n) is 7.26. The van der Waals surface area contributed by atoms with E-state index in [4.69, 9.17) is 10.5 Å². The maximum atomic E-state index is 12.3. The summed E-state index contributed by atoms with van der Waals surface area (Å²) >= 11 is 0. The Bertz CT molecular complexity index is 527. The van der Waals surface area contributed by atoms with Crippen LogP contribution in [-0.4, -0.2) is 41.3 Å². The lowest BCUT2D eigenvalue weighted by Gasteiger charge is -2.42. The summed E-state index contributed by atoms with van der Waals surface area (Å²) in [6, 6.07) is 9.47. The Morgan fingerprint density at radius 3 is 2.57 bits per heavy atom. The van der Waals surface area contributed by atoms with E-state index in [9.17, 15) is 9.90 Å². The number of likely N-dealkylation sites (tertiary alicyclic amines) is 1. The highest BCUT2D eigenvalue weighted by Crippen LogP contribution is 2.35. The second kappa shape index (κ2) is 6.89. The Hall–Kier alpha value is -1.59. The highest BCUT2D eigenvalue weighted by molar-refractivity contribution is 5.68. The smallest absolute Gasteiger partial charge is 0.410 e. The summed E-state index contributed by atoms with van der Waals surface area (Å²) in [5.41, 5.74) is 5.07. The minimum atomic E-state index is -1.12. The van der Waals surface area contributed by atoms with E-state index in [1.165, 1.54) is 0 Å². The molecule has 1 amide bonds. The molecule has 3 N–H and O–H groups in total. The van der Waals surface area contributed by atoms with Gasteiger partial charge in [0.1, 0.15) is 11.2 Å². The third-order valence-electron chi connectivity index (χ3n) is 4.33. The minimum absolute atomic E-state index is 0.101. The molecule has 0 radical (unpaired) electrons. The average molecular weight is 320 g/mol. The molecule has 0 spiro atoms. The number of carbonyl (C=O) groups excluding carboxylic acids is 1. The molecule has 1 aromatic carbocycles. The Morgan fingerprint density at radius 2 is 2.00 bits per heavy atom. The molecule has 0 aromatic heterocycles. The zero-order valence-corrected chi connectivity index (χ0v) is 14.3. The van der Waals surface area contributed by atoms with Crippen molar-refractivity contribution in [3.05, 3.63) is 35.9 Å². The van der Waals surface area contributed by atoms with Crippen LogP contribution < -0.4 is 5.73 Å². The van der Waals surface area contributed by atoms with Gasteiger partial charge in [-0.15, -0.1) is 0 Å². The van der Waals surface area contributed by atoms with Crippen LogP contribution >= 0.6 is 0 Å². The van der Waals surface area contributed by atoms with E-state index in [2.05, 4.69) is 0 Å². The SMILES string of the molecule is CC(C)(C)OC(=O)N1CCC[C@H]([C@@](O)(CN)c2ccccc2)C1. The van der Waals surface area contributed by atoms with Crippen molar-refractivity contribution < 1.29 is 14.6 Å². The van der Waals surface area contributed by atoms with Gasteiger partial charge >= 0.3 is 6.09 Å². The molecule has 1 aliphatic heterocycles. The van der Waals surface area contributed by atoms with Gasteiger partial charge in [0.25, 0.3) is 0 Å². The number of nitrogens with two attached hydrogens (primary N) is 1. The topological polar surface area (TPSA) is 75.8 Å². The number of piperidine rings is 1. The third-order valence-corrected chi connectivity index (χ3v) is 4.33. The van der Waals surface area contributed by atoms with E-state index in [1.54, 1.807) is 4.90 Å². The van der Waals surface area contributed by atoms with Crippen molar-refractivity contribution >= 4 is 6.09 Å². The van der Waals surface area contributed by atoms with Crippen molar-refractivity contribution in [3.63, 3.8) is 0 Å². The fraction of sp³-hybridized carbons (Fsp3) is 0.611. The molecule has 2 rings (SSSR count). The number of ether oxygens (including phenoxy) is 1. The fourth-order valence-corrected chi connectivity index (χ4v) is 3.11. The van der Waals surface area contributed by atoms with Gasteiger partial charge in [0, 0.05) is 25.6 Å². The summed E-state index contributed by atoms with van der Waals surface area (Å²) in [7, 11) is 0. The van der Waals surface area contributed by atoms with Gasteiger partial charge in [-0.3, -0.25) is 0 Å². The first-order valence-corrected chi connectivity index (χ1v) is 8.22. The van der Waals surface area contributed by atoms with Crippen molar-refractivity contribution in [3.8, 4) is 0 Å². The summed E-state index contributed by atoms with van der Waals surface area (Å²) in [6.07, 6.45) is 1.34. The molecule has 1 saturated heterocycles. The van der Waals surface area contributed by atoms with Crippen molar-refractivity contribution in [2.45, 2.75) is 44.8 Å². The summed E-state index contributed by atoms with van der Waals surface area (Å²) < 4.78 is 5.45. The van der Waals surface area contributed by atoms with E-state index in [0.717, 1.165) is 18.4 Å². The number of rotatable bonds is 3. The van der Waals surface area contributed by atoms with Crippen LogP contribution in [0.2, 0.25) is 0 Å². The fourth-order valence-electron chi connectivity index (χ4n) is 3.11. The van der Waals surface area contributed by atoms with Crippen LogP contribution in [0.4, 0.5) is 4.79 Å². The van der Waals surface area contributed by atoms with Crippen molar-refractivity contribution in [1.82, 2.24) is 4.90 Å². The number of carbonyl (C=O) groups is 1. The standard InChI is InChI=1S/C18H28N2O3/c1-17(2,3)23-16(21)20-11-7-10-15(12-20)18(22,13-19)14-8-5-4-6-9-14/h4-6,8-9,15,22H,7,10-13,19H2,1-3H3/t15-,18+/m0/s1. The largest absolute Gasteiger partial charge is 0.444 e. The van der Waals surface area contributed by atoms with Gasteiger partial charge in [-0.1, -0.05) is 30.3 Å². The van der Waals surface area contributed by atoms with E-state index < -0.39 is 11.2 Å². The average Bonchev–Trinajstić information content (AvgIpc) is 2.53. The molecular formula is C18H28N2O3. The third kappa shape index (κ3) is 4.24. The molecule has 5 heteroatoms. The van der Waals surface area contributed by atoms with Crippen molar-refractivity contribution in [2.75, 3.05) is 19.6 Å². The molecule has 23 heavy (non-hydrogen) atoms. The van der Waals surface area contributed by atoms with E-state index >= 15 is 0 Å². The van der Waals surface area contributed by atoms with E-state index in [-0.39, 0.29) is 18.6 Å². The Kier molecular flexibility index (Phi) is 5.32.